The number of carbonyl (C=O) groups excluding carboxylic acids is 2. The molecule has 2 aliphatic rings. The molecular weight excluding hydrogens is 232 g/mol. The summed E-state index contributed by atoms with van der Waals surface area (Å²) in [6.07, 6.45) is -4.42. The molecule has 17 heavy (non-hydrogen) atoms. The average molecular weight is 246 g/mol. The van der Waals surface area contributed by atoms with Crippen LogP contribution in [0.15, 0.2) is 0 Å². The van der Waals surface area contributed by atoms with E-state index in [1.165, 1.54) is 0 Å². The van der Waals surface area contributed by atoms with Gasteiger partial charge in [0.25, 0.3) is 0 Å². The van der Waals surface area contributed by atoms with Crippen molar-refractivity contribution in [1.82, 2.24) is 10.2 Å². The first kappa shape index (κ1) is 12.2. The van der Waals surface area contributed by atoms with Gasteiger partial charge in [-0.3, -0.25) is 15.0 Å². The van der Waals surface area contributed by atoms with E-state index in [1.54, 1.807) is 0 Å². The minimum atomic E-state index is -1.30. The second-order valence-corrected chi connectivity index (χ2v) is 4.03. The molecule has 0 aromatic rings. The summed E-state index contributed by atoms with van der Waals surface area (Å²) in [6.45, 7) is -0.347. The summed E-state index contributed by atoms with van der Waals surface area (Å²) in [7, 11) is 0. The third-order valence-corrected chi connectivity index (χ3v) is 2.91. The van der Waals surface area contributed by atoms with Crippen molar-refractivity contribution in [2.75, 3.05) is 13.2 Å². The summed E-state index contributed by atoms with van der Waals surface area (Å²) >= 11 is 0. The maximum absolute atomic E-state index is 11.5. The molecule has 0 bridgehead atoms. The molecule has 2 saturated heterocycles. The summed E-state index contributed by atoms with van der Waals surface area (Å²) < 4.78 is 5.18. The fraction of sp³-hybridized carbons (Fsp3) is 0.778. The fourth-order valence-corrected chi connectivity index (χ4v) is 1.96. The number of urea groups is 1. The van der Waals surface area contributed by atoms with Crippen LogP contribution in [0.3, 0.4) is 0 Å². The lowest BCUT2D eigenvalue weighted by atomic mass is 10.1. The number of rotatable bonds is 2. The van der Waals surface area contributed by atoms with E-state index in [0.29, 0.717) is 0 Å². The molecular formula is C9H14N2O6. The van der Waals surface area contributed by atoms with Gasteiger partial charge in [-0.05, 0) is 0 Å². The summed E-state index contributed by atoms with van der Waals surface area (Å²) in [5.41, 5.74) is 0. The Hall–Kier alpha value is -1.22. The van der Waals surface area contributed by atoms with E-state index in [9.17, 15) is 19.8 Å². The van der Waals surface area contributed by atoms with Crippen LogP contribution in [0.2, 0.25) is 0 Å². The second kappa shape index (κ2) is 4.57. The summed E-state index contributed by atoms with van der Waals surface area (Å²) in [4.78, 5) is 23.6. The van der Waals surface area contributed by atoms with Crippen molar-refractivity contribution >= 4 is 11.9 Å². The first-order valence-corrected chi connectivity index (χ1v) is 5.27. The van der Waals surface area contributed by atoms with Crippen molar-refractivity contribution in [2.24, 2.45) is 0 Å². The summed E-state index contributed by atoms with van der Waals surface area (Å²) in [6, 6.07) is -0.670. The van der Waals surface area contributed by atoms with Gasteiger partial charge in [0, 0.05) is 13.0 Å². The van der Waals surface area contributed by atoms with E-state index in [1.807, 2.05) is 0 Å². The Balaban J connectivity index is 2.08. The fourth-order valence-electron chi connectivity index (χ4n) is 1.96. The van der Waals surface area contributed by atoms with Crippen LogP contribution in [-0.4, -0.2) is 69.8 Å². The van der Waals surface area contributed by atoms with Crippen molar-refractivity contribution in [3.63, 3.8) is 0 Å². The molecule has 0 aromatic carbocycles. The Morgan fingerprint density at radius 2 is 2.06 bits per heavy atom. The van der Waals surface area contributed by atoms with Gasteiger partial charge in [0.2, 0.25) is 5.91 Å². The molecule has 0 radical (unpaired) electrons. The zero-order valence-corrected chi connectivity index (χ0v) is 8.94. The average Bonchev–Trinajstić information content (AvgIpc) is 2.57. The number of hydrogen-bond acceptors (Lipinski definition) is 6. The van der Waals surface area contributed by atoms with Gasteiger partial charge in [-0.2, -0.15) is 0 Å². The topological polar surface area (TPSA) is 119 Å². The van der Waals surface area contributed by atoms with Gasteiger partial charge >= 0.3 is 6.03 Å². The largest absolute Gasteiger partial charge is 0.394 e. The van der Waals surface area contributed by atoms with Gasteiger partial charge in [0.1, 0.15) is 18.3 Å². The number of nitrogens with one attached hydrogen (secondary N) is 1. The summed E-state index contributed by atoms with van der Waals surface area (Å²) in [5, 5.41) is 30.2. The number of imide groups is 1. The highest BCUT2D eigenvalue weighted by molar-refractivity contribution is 5.96. The molecule has 4 N–H and O–H groups in total. The first-order chi connectivity index (χ1) is 8.04. The Bertz CT molecular complexity index is 335. The zero-order valence-electron chi connectivity index (χ0n) is 8.94. The number of ether oxygens (including phenoxy) is 1. The summed E-state index contributed by atoms with van der Waals surface area (Å²) in [5.74, 6) is -0.391. The van der Waals surface area contributed by atoms with E-state index in [-0.39, 0.29) is 13.0 Å². The highest BCUT2D eigenvalue weighted by Gasteiger charge is 2.47. The second-order valence-electron chi connectivity index (χ2n) is 4.03. The molecule has 2 aliphatic heterocycles. The van der Waals surface area contributed by atoms with Crippen LogP contribution < -0.4 is 5.32 Å². The molecule has 0 spiro atoms. The Morgan fingerprint density at radius 1 is 1.35 bits per heavy atom. The van der Waals surface area contributed by atoms with E-state index >= 15 is 0 Å². The quantitative estimate of drug-likeness (QED) is 0.423. The number of aliphatic hydroxyl groups excluding tert-OH is 3. The van der Waals surface area contributed by atoms with Crippen LogP contribution in [-0.2, 0) is 9.53 Å². The van der Waals surface area contributed by atoms with Crippen molar-refractivity contribution in [1.29, 1.82) is 0 Å². The van der Waals surface area contributed by atoms with E-state index < -0.39 is 43.1 Å². The van der Waals surface area contributed by atoms with Crippen molar-refractivity contribution in [3.05, 3.63) is 0 Å². The van der Waals surface area contributed by atoms with Crippen LogP contribution in [0.1, 0.15) is 6.42 Å². The molecule has 3 amide bonds. The number of amides is 3. The van der Waals surface area contributed by atoms with Crippen molar-refractivity contribution < 1.29 is 29.6 Å². The highest BCUT2D eigenvalue weighted by Crippen LogP contribution is 2.25. The molecule has 4 atom stereocenters. The molecule has 2 unspecified atom stereocenters. The Morgan fingerprint density at radius 3 is 2.59 bits per heavy atom. The molecule has 2 fully saturated rings. The lowest BCUT2D eigenvalue weighted by Crippen LogP contribution is -2.56. The molecule has 0 saturated carbocycles. The molecule has 8 nitrogen and oxygen atoms in total. The van der Waals surface area contributed by atoms with E-state index in [2.05, 4.69) is 5.32 Å². The standard InChI is InChI=1S/C9H14N2O6/c12-3-4-6(14)7(15)8(17-4)11-2-1-5(13)10-9(11)16/h4,6-8,12,14-15H,1-3H2,(H,10,13,16)/t4-,6?,7?,8-/m0/s1. The zero-order chi connectivity index (χ0) is 12.6. The minimum absolute atomic E-state index is 0.108. The third-order valence-electron chi connectivity index (χ3n) is 2.91. The molecule has 2 heterocycles. The van der Waals surface area contributed by atoms with Gasteiger partial charge in [-0.15, -0.1) is 0 Å². The monoisotopic (exact) mass is 246 g/mol. The number of carbonyl (C=O) groups is 2. The van der Waals surface area contributed by atoms with Crippen LogP contribution in [0.25, 0.3) is 0 Å². The smallest absolute Gasteiger partial charge is 0.326 e. The minimum Gasteiger partial charge on any atom is -0.394 e. The molecule has 8 heteroatoms. The first-order valence-electron chi connectivity index (χ1n) is 5.27. The SMILES string of the molecule is O=C1CCN([C@H]2O[C@@H](CO)C(O)C2O)C(=O)N1. The predicted molar refractivity (Wildman–Crippen MR) is 52.6 cm³/mol. The van der Waals surface area contributed by atoms with Crippen LogP contribution >= 0.6 is 0 Å². The predicted octanol–water partition coefficient (Wildman–Crippen LogP) is -2.63. The molecule has 0 aromatic heterocycles. The number of nitrogens with zero attached hydrogens (tertiary/aromatic N) is 1. The number of aliphatic hydroxyl groups is 3. The Kier molecular flexibility index (Phi) is 3.29. The van der Waals surface area contributed by atoms with E-state index in [0.717, 1.165) is 4.90 Å². The maximum atomic E-state index is 11.5. The highest BCUT2D eigenvalue weighted by atomic mass is 16.6. The Labute approximate surface area is 96.8 Å². The maximum Gasteiger partial charge on any atom is 0.326 e. The normalized spacial score (nSPS) is 38.4. The molecule has 96 valence electrons. The van der Waals surface area contributed by atoms with Gasteiger partial charge < -0.3 is 20.1 Å². The lowest BCUT2D eigenvalue weighted by Gasteiger charge is -2.32. The van der Waals surface area contributed by atoms with E-state index in [4.69, 9.17) is 9.84 Å². The van der Waals surface area contributed by atoms with Crippen molar-refractivity contribution in [2.45, 2.75) is 31.0 Å². The molecule has 2 rings (SSSR count). The number of hydrogen-bond donors (Lipinski definition) is 4. The third kappa shape index (κ3) is 2.12. The van der Waals surface area contributed by atoms with Gasteiger partial charge in [0.15, 0.2) is 6.23 Å². The van der Waals surface area contributed by atoms with Crippen LogP contribution in [0.4, 0.5) is 4.79 Å². The molecule has 0 aliphatic carbocycles. The van der Waals surface area contributed by atoms with Crippen LogP contribution in [0.5, 0.6) is 0 Å². The van der Waals surface area contributed by atoms with Gasteiger partial charge in [-0.25, -0.2) is 4.79 Å². The van der Waals surface area contributed by atoms with Gasteiger partial charge in [-0.1, -0.05) is 0 Å². The van der Waals surface area contributed by atoms with Crippen LogP contribution in [0, 0.1) is 0 Å². The van der Waals surface area contributed by atoms with Gasteiger partial charge in [0.05, 0.1) is 6.61 Å². The lowest BCUT2D eigenvalue weighted by molar-refractivity contribution is -0.125. The van der Waals surface area contributed by atoms with Crippen molar-refractivity contribution in [3.8, 4) is 0 Å².